The fraction of sp³-hybridized carbons (Fsp3) is 0.556. The van der Waals surface area contributed by atoms with E-state index < -0.39 is 36.4 Å². The van der Waals surface area contributed by atoms with Crippen molar-refractivity contribution in [3.63, 3.8) is 0 Å². The van der Waals surface area contributed by atoms with E-state index in [-0.39, 0.29) is 25.8 Å². The monoisotopic (exact) mass is 354 g/mol. The third-order valence-corrected chi connectivity index (χ3v) is 4.60. The summed E-state index contributed by atoms with van der Waals surface area (Å²) in [6.07, 6.45) is 0.862. The maximum Gasteiger partial charge on any atom is 0.317 e. The van der Waals surface area contributed by atoms with E-state index in [0.29, 0.717) is 6.42 Å². The summed E-state index contributed by atoms with van der Waals surface area (Å²) in [5, 5.41) is 11.6. The number of nitrogens with one attached hydrogen (secondary N) is 1. The van der Waals surface area contributed by atoms with Crippen LogP contribution in [0.4, 0.5) is 13.6 Å². The maximum atomic E-state index is 13.8. The number of hydrogen-bond acceptors (Lipinski definition) is 2. The molecule has 2 atom stereocenters. The Balaban J connectivity index is 1.99. The van der Waals surface area contributed by atoms with E-state index in [1.54, 1.807) is 0 Å². The van der Waals surface area contributed by atoms with Crippen molar-refractivity contribution in [2.24, 2.45) is 5.92 Å². The molecule has 0 radical (unpaired) electrons. The number of rotatable bonds is 6. The van der Waals surface area contributed by atoms with Gasteiger partial charge in [0.2, 0.25) is 0 Å². The van der Waals surface area contributed by atoms with E-state index in [1.165, 1.54) is 6.92 Å². The molecule has 138 valence electrons. The number of piperidine rings is 1. The average Bonchev–Trinajstić information content (AvgIpc) is 2.56. The topological polar surface area (TPSA) is 69.6 Å². The maximum absolute atomic E-state index is 13.8. The van der Waals surface area contributed by atoms with Crippen molar-refractivity contribution < 1.29 is 23.5 Å². The van der Waals surface area contributed by atoms with Crippen molar-refractivity contribution in [1.82, 2.24) is 10.2 Å². The van der Waals surface area contributed by atoms with Crippen LogP contribution in [0.25, 0.3) is 0 Å². The van der Waals surface area contributed by atoms with Crippen molar-refractivity contribution in [2.75, 3.05) is 13.1 Å². The molecular formula is C18H24F2N2O3. The van der Waals surface area contributed by atoms with E-state index in [1.807, 2.05) is 30.3 Å². The molecule has 0 aliphatic carbocycles. The van der Waals surface area contributed by atoms with Crippen LogP contribution in [0.15, 0.2) is 30.3 Å². The Kier molecular flexibility index (Phi) is 6.33. The molecule has 1 heterocycles. The van der Waals surface area contributed by atoms with E-state index in [9.17, 15) is 18.4 Å². The molecule has 1 aromatic carbocycles. The minimum Gasteiger partial charge on any atom is -0.481 e. The highest BCUT2D eigenvalue weighted by atomic mass is 19.3. The lowest BCUT2D eigenvalue weighted by Gasteiger charge is -2.37. The predicted molar refractivity (Wildman–Crippen MR) is 89.6 cm³/mol. The van der Waals surface area contributed by atoms with Crippen molar-refractivity contribution >= 4 is 12.0 Å². The Bertz CT molecular complexity index is 595. The summed E-state index contributed by atoms with van der Waals surface area (Å²) in [6.45, 7) is 1.16. The molecule has 7 heteroatoms. The van der Waals surface area contributed by atoms with Crippen LogP contribution in [0.1, 0.15) is 31.7 Å². The minimum atomic E-state index is -2.90. The molecule has 25 heavy (non-hydrogen) atoms. The van der Waals surface area contributed by atoms with E-state index >= 15 is 0 Å². The van der Waals surface area contributed by atoms with Crippen LogP contribution in [0, 0.1) is 5.92 Å². The van der Waals surface area contributed by atoms with Crippen LogP contribution in [0.5, 0.6) is 0 Å². The fourth-order valence-electron chi connectivity index (χ4n) is 2.91. The largest absolute Gasteiger partial charge is 0.481 e. The molecule has 1 aliphatic rings. The van der Waals surface area contributed by atoms with Crippen LogP contribution >= 0.6 is 0 Å². The summed E-state index contributed by atoms with van der Waals surface area (Å²) >= 11 is 0. The normalized spacial score (nSPS) is 20.8. The lowest BCUT2D eigenvalue weighted by Crippen LogP contribution is -2.54. The number of likely N-dealkylation sites (tertiary alicyclic amines) is 1. The number of carbonyl (C=O) groups is 2. The highest BCUT2D eigenvalue weighted by molar-refractivity contribution is 5.75. The summed E-state index contributed by atoms with van der Waals surface area (Å²) < 4.78 is 27.7. The van der Waals surface area contributed by atoms with Crippen molar-refractivity contribution in [3.05, 3.63) is 35.9 Å². The van der Waals surface area contributed by atoms with Gasteiger partial charge < -0.3 is 15.3 Å². The molecule has 0 saturated carbocycles. The zero-order chi connectivity index (χ0) is 18.4. The lowest BCUT2D eigenvalue weighted by molar-refractivity contribution is -0.137. The van der Waals surface area contributed by atoms with Gasteiger partial charge in [0.05, 0.1) is 6.54 Å². The number of nitrogens with zero attached hydrogens (tertiary/aromatic N) is 1. The van der Waals surface area contributed by atoms with E-state index in [2.05, 4.69) is 5.32 Å². The van der Waals surface area contributed by atoms with Crippen molar-refractivity contribution in [1.29, 1.82) is 0 Å². The molecule has 0 aromatic heterocycles. The molecule has 0 spiro atoms. The number of amides is 2. The van der Waals surface area contributed by atoms with Crippen LogP contribution in [-0.2, 0) is 11.2 Å². The number of urea groups is 1. The molecule has 1 aliphatic heterocycles. The number of carbonyl (C=O) groups excluding carboxylic acids is 1. The van der Waals surface area contributed by atoms with Gasteiger partial charge in [0, 0.05) is 24.9 Å². The molecule has 1 fully saturated rings. The zero-order valence-electron chi connectivity index (χ0n) is 14.3. The van der Waals surface area contributed by atoms with Crippen molar-refractivity contribution in [3.8, 4) is 0 Å². The average molecular weight is 354 g/mol. The van der Waals surface area contributed by atoms with Gasteiger partial charge in [-0.2, -0.15) is 0 Å². The number of halogens is 2. The summed E-state index contributed by atoms with van der Waals surface area (Å²) in [7, 11) is 0. The third-order valence-electron chi connectivity index (χ3n) is 4.60. The quantitative estimate of drug-likeness (QED) is 0.824. The highest BCUT2D eigenvalue weighted by Crippen LogP contribution is 2.32. The Labute approximate surface area is 146 Å². The second-order valence-corrected chi connectivity index (χ2v) is 6.64. The van der Waals surface area contributed by atoms with Gasteiger partial charge in [-0.25, -0.2) is 13.6 Å². The molecule has 0 bridgehead atoms. The number of carboxylic acid groups (broad SMARTS) is 1. The number of alkyl halides is 2. The summed E-state index contributed by atoms with van der Waals surface area (Å²) in [5.74, 6) is -4.60. The molecule has 2 unspecified atom stereocenters. The number of aliphatic carboxylic acids is 1. The second kappa shape index (κ2) is 8.27. The second-order valence-electron chi connectivity index (χ2n) is 6.64. The van der Waals surface area contributed by atoms with Gasteiger partial charge in [-0.3, -0.25) is 4.79 Å². The van der Waals surface area contributed by atoms with Crippen LogP contribution in [0.2, 0.25) is 0 Å². The van der Waals surface area contributed by atoms with Gasteiger partial charge in [-0.05, 0) is 24.8 Å². The fourth-order valence-corrected chi connectivity index (χ4v) is 2.91. The van der Waals surface area contributed by atoms with E-state index in [0.717, 1.165) is 10.5 Å². The third kappa shape index (κ3) is 5.69. The SMILES string of the molecule is CC1CCN(C(=O)NC(CCC(=O)O)Cc2ccccc2)CC1(F)F. The molecule has 2 amide bonds. The van der Waals surface area contributed by atoms with Gasteiger partial charge in [-0.15, -0.1) is 0 Å². The minimum absolute atomic E-state index is 0.0923. The molecule has 2 rings (SSSR count). The van der Waals surface area contributed by atoms with Gasteiger partial charge in [-0.1, -0.05) is 37.3 Å². The number of carboxylic acids is 1. The van der Waals surface area contributed by atoms with Gasteiger partial charge >= 0.3 is 12.0 Å². The Morgan fingerprint density at radius 2 is 2.04 bits per heavy atom. The smallest absolute Gasteiger partial charge is 0.317 e. The number of benzene rings is 1. The first-order chi connectivity index (χ1) is 11.8. The Hall–Kier alpha value is -2.18. The Morgan fingerprint density at radius 1 is 1.36 bits per heavy atom. The molecule has 2 N–H and O–H groups in total. The molecule has 1 saturated heterocycles. The standard InChI is InChI=1S/C18H24F2N2O3/c1-13-9-10-22(12-18(13,19)20)17(25)21-15(7-8-16(23)24)11-14-5-3-2-4-6-14/h2-6,13,15H,7-12H2,1H3,(H,21,25)(H,23,24). The van der Waals surface area contributed by atoms with Gasteiger partial charge in [0.15, 0.2) is 0 Å². The first-order valence-electron chi connectivity index (χ1n) is 8.47. The molecule has 1 aromatic rings. The van der Waals surface area contributed by atoms with E-state index in [4.69, 9.17) is 5.11 Å². The van der Waals surface area contributed by atoms with Gasteiger partial charge in [0.1, 0.15) is 0 Å². The molecule has 5 nitrogen and oxygen atoms in total. The summed E-state index contributed by atoms with van der Waals surface area (Å²) in [5.41, 5.74) is 0.954. The first kappa shape index (κ1) is 19.1. The number of hydrogen-bond donors (Lipinski definition) is 2. The first-order valence-corrected chi connectivity index (χ1v) is 8.47. The van der Waals surface area contributed by atoms with Crippen LogP contribution in [0.3, 0.4) is 0 Å². The summed E-state index contributed by atoms with van der Waals surface area (Å²) in [4.78, 5) is 24.3. The zero-order valence-corrected chi connectivity index (χ0v) is 14.3. The Morgan fingerprint density at radius 3 is 2.64 bits per heavy atom. The van der Waals surface area contributed by atoms with Crippen molar-refractivity contribution in [2.45, 2.75) is 44.6 Å². The summed E-state index contributed by atoms with van der Waals surface area (Å²) in [6, 6.07) is 8.38. The molecular weight excluding hydrogens is 330 g/mol. The van der Waals surface area contributed by atoms with Gasteiger partial charge in [0.25, 0.3) is 5.92 Å². The predicted octanol–water partition coefficient (Wildman–Crippen LogP) is 3.15. The lowest BCUT2D eigenvalue weighted by atomic mass is 9.95. The highest BCUT2D eigenvalue weighted by Gasteiger charge is 2.43. The van der Waals surface area contributed by atoms with Crippen LogP contribution in [-0.4, -0.2) is 47.1 Å². The van der Waals surface area contributed by atoms with Crippen LogP contribution < -0.4 is 5.32 Å².